The molecule has 1 N–H and O–H groups in total. The van der Waals surface area contributed by atoms with Gasteiger partial charge in [0, 0.05) is 16.5 Å². The summed E-state index contributed by atoms with van der Waals surface area (Å²) >= 11 is 9.30. The van der Waals surface area contributed by atoms with E-state index < -0.39 is 0 Å². The minimum absolute atomic E-state index is 0.122. The van der Waals surface area contributed by atoms with E-state index in [4.69, 9.17) is 11.6 Å². The number of pyridine rings is 1. The lowest BCUT2D eigenvalue weighted by Gasteiger charge is -2.15. The van der Waals surface area contributed by atoms with Crippen molar-refractivity contribution in [2.45, 2.75) is 49.8 Å². The monoisotopic (exact) mass is 418 g/mol. The molecule has 4 rings (SSSR count). The summed E-state index contributed by atoms with van der Waals surface area (Å²) in [6.07, 6.45) is 6.22. The highest BCUT2D eigenvalue weighted by atomic mass is 35.5. The van der Waals surface area contributed by atoms with Crippen molar-refractivity contribution in [1.82, 2.24) is 15.0 Å². The van der Waals surface area contributed by atoms with Crippen molar-refractivity contribution in [3.05, 3.63) is 39.7 Å². The van der Waals surface area contributed by atoms with Crippen LogP contribution in [0.4, 0.5) is 5.69 Å². The maximum absolute atomic E-state index is 12.7. The Labute approximate surface area is 171 Å². The molecule has 0 fully saturated rings. The van der Waals surface area contributed by atoms with E-state index in [1.807, 2.05) is 13.8 Å². The third-order valence-corrected chi connectivity index (χ3v) is 7.14. The van der Waals surface area contributed by atoms with Gasteiger partial charge in [-0.05, 0) is 57.2 Å². The number of halogens is 1. The summed E-state index contributed by atoms with van der Waals surface area (Å²) in [6, 6.07) is 3.49. The van der Waals surface area contributed by atoms with Gasteiger partial charge in [-0.2, -0.15) is 0 Å². The molecule has 0 saturated heterocycles. The predicted octanol–water partition coefficient (Wildman–Crippen LogP) is 5.05. The Bertz CT molecular complexity index is 1020. The van der Waals surface area contributed by atoms with Gasteiger partial charge in [0.1, 0.15) is 15.7 Å². The summed E-state index contributed by atoms with van der Waals surface area (Å²) in [5.41, 5.74) is 1.90. The number of aryl methyl sites for hydroxylation is 3. The molecule has 0 unspecified atom stereocenters. The highest BCUT2D eigenvalue weighted by Crippen LogP contribution is 2.40. The van der Waals surface area contributed by atoms with Gasteiger partial charge in [-0.25, -0.2) is 15.0 Å². The molecule has 27 heavy (non-hydrogen) atoms. The Hall–Kier alpha value is -1.70. The Morgan fingerprint density at radius 1 is 1.33 bits per heavy atom. The van der Waals surface area contributed by atoms with Gasteiger partial charge < -0.3 is 5.32 Å². The summed E-state index contributed by atoms with van der Waals surface area (Å²) < 4.78 is 0. The number of thioether (sulfide) groups is 1. The smallest absolute Gasteiger partial charge is 0.237 e. The minimum atomic E-state index is -0.321. The molecule has 5 nitrogen and oxygen atoms in total. The lowest BCUT2D eigenvalue weighted by molar-refractivity contribution is -0.115. The van der Waals surface area contributed by atoms with Crippen LogP contribution >= 0.6 is 34.7 Å². The second-order valence-corrected chi connectivity index (χ2v) is 9.33. The topological polar surface area (TPSA) is 67.8 Å². The predicted molar refractivity (Wildman–Crippen MR) is 112 cm³/mol. The first-order chi connectivity index (χ1) is 13.0. The van der Waals surface area contributed by atoms with E-state index >= 15 is 0 Å². The number of fused-ring (bicyclic) bond motifs is 3. The molecule has 0 spiro atoms. The standard InChI is InChI=1S/C19H19ClN4OS2/c1-10(17(25)24-13-7-5-9-21-16(13)20)26-18-15-12-6-3-4-8-14(12)27-19(15)23-11(2)22-18/h5,7,9-10H,3-4,6,8H2,1-2H3,(H,24,25)/t10-/m0/s1. The molecule has 3 aromatic rings. The molecule has 0 aromatic carbocycles. The molecule has 0 saturated carbocycles. The number of thiophene rings is 1. The zero-order valence-electron chi connectivity index (χ0n) is 15.1. The van der Waals surface area contributed by atoms with Gasteiger partial charge in [-0.1, -0.05) is 23.4 Å². The molecule has 3 aromatic heterocycles. The van der Waals surface area contributed by atoms with Crippen LogP contribution in [0.5, 0.6) is 0 Å². The van der Waals surface area contributed by atoms with Crippen LogP contribution in [0.3, 0.4) is 0 Å². The van der Waals surface area contributed by atoms with Gasteiger partial charge in [0.15, 0.2) is 5.15 Å². The molecule has 0 bridgehead atoms. The number of aromatic nitrogens is 3. The summed E-state index contributed by atoms with van der Waals surface area (Å²) in [5.74, 6) is 0.620. The van der Waals surface area contributed by atoms with E-state index in [0.717, 1.165) is 33.9 Å². The summed E-state index contributed by atoms with van der Waals surface area (Å²) in [7, 11) is 0. The van der Waals surface area contributed by atoms with E-state index in [1.165, 1.54) is 35.0 Å². The summed E-state index contributed by atoms with van der Waals surface area (Å²) in [6.45, 7) is 3.79. The second kappa shape index (κ2) is 7.73. The van der Waals surface area contributed by atoms with Crippen molar-refractivity contribution in [1.29, 1.82) is 0 Å². The first-order valence-corrected chi connectivity index (χ1v) is 11.0. The van der Waals surface area contributed by atoms with E-state index in [0.29, 0.717) is 5.69 Å². The first kappa shape index (κ1) is 18.7. The summed E-state index contributed by atoms with van der Waals surface area (Å²) in [4.78, 5) is 28.4. The van der Waals surface area contributed by atoms with Crippen LogP contribution < -0.4 is 5.32 Å². The SMILES string of the molecule is Cc1nc(S[C@@H](C)C(=O)Nc2cccnc2Cl)c2c3c(sc2n1)CCCC3. The Balaban J connectivity index is 1.61. The average molecular weight is 419 g/mol. The fourth-order valence-corrected chi connectivity index (χ4v) is 5.81. The molecule has 0 radical (unpaired) electrons. The van der Waals surface area contributed by atoms with Crippen LogP contribution in [0.15, 0.2) is 23.4 Å². The fourth-order valence-electron chi connectivity index (χ4n) is 3.25. The third-order valence-electron chi connectivity index (χ3n) is 4.57. The zero-order chi connectivity index (χ0) is 19.0. The lowest BCUT2D eigenvalue weighted by atomic mass is 9.97. The summed E-state index contributed by atoms with van der Waals surface area (Å²) in [5, 5.41) is 4.86. The van der Waals surface area contributed by atoms with Crippen molar-refractivity contribution in [2.24, 2.45) is 0 Å². The fraction of sp³-hybridized carbons (Fsp3) is 0.368. The molecular weight excluding hydrogens is 400 g/mol. The average Bonchev–Trinajstić information content (AvgIpc) is 3.01. The van der Waals surface area contributed by atoms with Crippen LogP contribution in [0, 0.1) is 6.92 Å². The van der Waals surface area contributed by atoms with Crippen molar-refractivity contribution in [3.63, 3.8) is 0 Å². The number of hydrogen-bond donors (Lipinski definition) is 1. The van der Waals surface area contributed by atoms with Crippen LogP contribution in [0.1, 0.15) is 36.0 Å². The maximum atomic E-state index is 12.7. The van der Waals surface area contributed by atoms with Gasteiger partial charge in [0.25, 0.3) is 0 Å². The van der Waals surface area contributed by atoms with Crippen molar-refractivity contribution < 1.29 is 4.79 Å². The van der Waals surface area contributed by atoms with Crippen molar-refractivity contribution in [3.8, 4) is 0 Å². The molecule has 1 aliphatic carbocycles. The zero-order valence-corrected chi connectivity index (χ0v) is 17.5. The molecule has 1 atom stereocenters. The second-order valence-electron chi connectivity index (χ2n) is 6.56. The molecule has 140 valence electrons. The van der Waals surface area contributed by atoms with Gasteiger partial charge in [0.05, 0.1) is 10.9 Å². The number of nitrogens with one attached hydrogen (secondary N) is 1. The molecule has 8 heteroatoms. The van der Waals surface area contributed by atoms with E-state index in [2.05, 4.69) is 20.3 Å². The number of anilines is 1. The third kappa shape index (κ3) is 3.81. The molecule has 1 amide bonds. The highest BCUT2D eigenvalue weighted by Gasteiger charge is 2.24. The van der Waals surface area contributed by atoms with Gasteiger partial charge in [-0.15, -0.1) is 11.3 Å². The van der Waals surface area contributed by atoms with Gasteiger partial charge >= 0.3 is 0 Å². The molecule has 1 aliphatic rings. The largest absolute Gasteiger partial charge is 0.322 e. The quantitative estimate of drug-likeness (QED) is 0.365. The molecule has 0 aliphatic heterocycles. The number of carbonyl (C=O) groups is 1. The van der Waals surface area contributed by atoms with E-state index in [-0.39, 0.29) is 16.3 Å². The van der Waals surface area contributed by atoms with Crippen LogP contribution in [-0.2, 0) is 17.6 Å². The Morgan fingerprint density at radius 3 is 2.96 bits per heavy atom. The number of rotatable bonds is 4. The van der Waals surface area contributed by atoms with Gasteiger partial charge in [-0.3, -0.25) is 4.79 Å². The van der Waals surface area contributed by atoms with Crippen molar-refractivity contribution >= 4 is 56.5 Å². The first-order valence-electron chi connectivity index (χ1n) is 8.90. The molecule has 3 heterocycles. The number of nitrogens with zero attached hydrogens (tertiary/aromatic N) is 3. The van der Waals surface area contributed by atoms with E-state index in [9.17, 15) is 4.79 Å². The van der Waals surface area contributed by atoms with Crippen LogP contribution in [0.2, 0.25) is 5.15 Å². The van der Waals surface area contributed by atoms with Crippen LogP contribution in [0.25, 0.3) is 10.2 Å². The normalized spacial score (nSPS) is 14.8. The van der Waals surface area contributed by atoms with Crippen molar-refractivity contribution in [2.75, 3.05) is 5.32 Å². The van der Waals surface area contributed by atoms with E-state index in [1.54, 1.807) is 29.7 Å². The molecular formula is C19H19ClN4OS2. The Kier molecular flexibility index (Phi) is 5.34. The lowest BCUT2D eigenvalue weighted by Crippen LogP contribution is -2.23. The number of hydrogen-bond acceptors (Lipinski definition) is 6. The number of carbonyl (C=O) groups excluding carboxylic acids is 1. The minimum Gasteiger partial charge on any atom is -0.322 e. The van der Waals surface area contributed by atoms with Crippen LogP contribution in [-0.4, -0.2) is 26.1 Å². The highest BCUT2D eigenvalue weighted by molar-refractivity contribution is 8.00. The maximum Gasteiger partial charge on any atom is 0.237 e. The Morgan fingerprint density at radius 2 is 2.15 bits per heavy atom. The number of amides is 1. The van der Waals surface area contributed by atoms with Gasteiger partial charge in [0.2, 0.25) is 5.91 Å².